The van der Waals surface area contributed by atoms with E-state index in [1.54, 1.807) is 6.08 Å². The normalized spacial score (nSPS) is 10.7. The third-order valence-electron chi connectivity index (χ3n) is 2.81. The van der Waals surface area contributed by atoms with Crippen LogP contribution < -0.4 is 10.1 Å². The molecule has 3 nitrogen and oxygen atoms in total. The van der Waals surface area contributed by atoms with Crippen LogP contribution in [0.4, 0.5) is 10.1 Å². The van der Waals surface area contributed by atoms with Gasteiger partial charge in [0.2, 0.25) is 5.91 Å². The molecule has 0 saturated heterocycles. The second-order valence-electron chi connectivity index (χ2n) is 4.45. The molecule has 0 aliphatic rings. The van der Waals surface area contributed by atoms with Crippen molar-refractivity contribution in [1.82, 2.24) is 0 Å². The first-order valence-corrected chi connectivity index (χ1v) is 7.13. The van der Waals surface area contributed by atoms with Crippen molar-refractivity contribution in [1.29, 1.82) is 0 Å². The maximum atomic E-state index is 12.9. The first-order valence-electron chi connectivity index (χ1n) is 6.75. The van der Waals surface area contributed by atoms with Gasteiger partial charge < -0.3 is 10.1 Å². The van der Waals surface area contributed by atoms with Crippen molar-refractivity contribution in [3.8, 4) is 5.75 Å². The number of rotatable bonds is 5. The molecule has 0 saturated carbocycles. The molecule has 0 fully saturated rings. The van der Waals surface area contributed by atoms with Gasteiger partial charge in [0.05, 0.1) is 17.3 Å². The van der Waals surface area contributed by atoms with Crippen LogP contribution in [0.25, 0.3) is 6.08 Å². The molecule has 1 amide bonds. The van der Waals surface area contributed by atoms with E-state index in [-0.39, 0.29) is 10.9 Å². The SMILES string of the molecule is CCOc1ccc(/C=C/C(=O)Nc2ccc(F)cc2Cl)cc1. The Morgan fingerprint density at radius 1 is 1.27 bits per heavy atom. The molecule has 2 rings (SSSR count). The summed E-state index contributed by atoms with van der Waals surface area (Å²) in [6.07, 6.45) is 3.05. The molecule has 0 atom stereocenters. The quantitative estimate of drug-likeness (QED) is 0.822. The molecule has 0 bridgehead atoms. The Labute approximate surface area is 133 Å². The molecule has 2 aromatic carbocycles. The molecular formula is C17H15ClFNO2. The van der Waals surface area contributed by atoms with E-state index in [2.05, 4.69) is 5.32 Å². The number of hydrogen-bond acceptors (Lipinski definition) is 2. The summed E-state index contributed by atoms with van der Waals surface area (Å²) in [4.78, 5) is 11.8. The maximum absolute atomic E-state index is 12.9. The Hall–Kier alpha value is -2.33. The summed E-state index contributed by atoms with van der Waals surface area (Å²) in [5, 5.41) is 2.75. The van der Waals surface area contributed by atoms with Crippen LogP contribution in [0.2, 0.25) is 5.02 Å². The van der Waals surface area contributed by atoms with Gasteiger partial charge in [0.25, 0.3) is 0 Å². The molecule has 0 radical (unpaired) electrons. The standard InChI is InChI=1S/C17H15ClFNO2/c1-2-22-14-7-3-12(4-8-14)5-10-17(21)20-16-9-6-13(19)11-15(16)18/h3-11H,2H2,1H3,(H,20,21)/b10-5+. The van der Waals surface area contributed by atoms with E-state index < -0.39 is 5.82 Å². The first-order chi connectivity index (χ1) is 10.6. The zero-order valence-electron chi connectivity index (χ0n) is 12.0. The number of hydrogen-bond donors (Lipinski definition) is 1. The molecule has 22 heavy (non-hydrogen) atoms. The summed E-state index contributed by atoms with van der Waals surface area (Å²) < 4.78 is 18.3. The smallest absolute Gasteiger partial charge is 0.248 e. The fourth-order valence-electron chi connectivity index (χ4n) is 1.78. The highest BCUT2D eigenvalue weighted by Gasteiger charge is 2.04. The minimum Gasteiger partial charge on any atom is -0.494 e. The van der Waals surface area contributed by atoms with Crippen molar-refractivity contribution in [2.75, 3.05) is 11.9 Å². The van der Waals surface area contributed by atoms with Gasteiger partial charge >= 0.3 is 0 Å². The van der Waals surface area contributed by atoms with Gasteiger partial charge in [-0.25, -0.2) is 4.39 Å². The van der Waals surface area contributed by atoms with Gasteiger partial charge in [-0.1, -0.05) is 23.7 Å². The third kappa shape index (κ3) is 4.60. The topological polar surface area (TPSA) is 38.3 Å². The number of benzene rings is 2. The summed E-state index contributed by atoms with van der Waals surface area (Å²) in [6, 6.07) is 11.2. The molecule has 0 heterocycles. The Balaban J connectivity index is 1.98. The number of carbonyl (C=O) groups excluding carboxylic acids is 1. The van der Waals surface area contributed by atoms with Crippen LogP contribution in [0.15, 0.2) is 48.5 Å². The van der Waals surface area contributed by atoms with Crippen LogP contribution in [0.3, 0.4) is 0 Å². The number of amides is 1. The van der Waals surface area contributed by atoms with Crippen molar-refractivity contribution >= 4 is 29.3 Å². The highest BCUT2D eigenvalue weighted by molar-refractivity contribution is 6.33. The van der Waals surface area contributed by atoms with Crippen LogP contribution in [-0.2, 0) is 4.79 Å². The van der Waals surface area contributed by atoms with E-state index in [9.17, 15) is 9.18 Å². The van der Waals surface area contributed by atoms with Crippen molar-refractivity contribution in [2.24, 2.45) is 0 Å². The minimum atomic E-state index is -0.451. The number of ether oxygens (including phenoxy) is 1. The molecule has 114 valence electrons. The predicted molar refractivity (Wildman–Crippen MR) is 86.7 cm³/mol. The molecule has 5 heteroatoms. The summed E-state index contributed by atoms with van der Waals surface area (Å²) in [7, 11) is 0. The van der Waals surface area contributed by atoms with E-state index in [4.69, 9.17) is 16.3 Å². The van der Waals surface area contributed by atoms with Crippen LogP contribution in [0.5, 0.6) is 5.75 Å². The number of nitrogens with one attached hydrogen (secondary N) is 1. The Morgan fingerprint density at radius 2 is 2.00 bits per heavy atom. The van der Waals surface area contributed by atoms with Crippen molar-refractivity contribution in [3.05, 3.63) is 64.9 Å². The van der Waals surface area contributed by atoms with Crippen LogP contribution in [-0.4, -0.2) is 12.5 Å². The van der Waals surface area contributed by atoms with Gasteiger partial charge in [-0.2, -0.15) is 0 Å². The van der Waals surface area contributed by atoms with E-state index >= 15 is 0 Å². The molecule has 0 unspecified atom stereocenters. The zero-order chi connectivity index (χ0) is 15.9. The molecule has 0 spiro atoms. The lowest BCUT2D eigenvalue weighted by atomic mass is 10.2. The third-order valence-corrected chi connectivity index (χ3v) is 3.12. The van der Waals surface area contributed by atoms with Gasteiger partial charge in [-0.15, -0.1) is 0 Å². The monoisotopic (exact) mass is 319 g/mol. The minimum absolute atomic E-state index is 0.155. The van der Waals surface area contributed by atoms with E-state index in [0.717, 1.165) is 17.4 Å². The van der Waals surface area contributed by atoms with E-state index in [1.807, 2.05) is 31.2 Å². The van der Waals surface area contributed by atoms with Gasteiger partial charge in [0, 0.05) is 6.08 Å². The summed E-state index contributed by atoms with van der Waals surface area (Å²) >= 11 is 5.85. The van der Waals surface area contributed by atoms with Gasteiger partial charge in [0.15, 0.2) is 0 Å². The van der Waals surface area contributed by atoms with Crippen molar-refractivity contribution < 1.29 is 13.9 Å². The van der Waals surface area contributed by atoms with Crippen LogP contribution >= 0.6 is 11.6 Å². The molecule has 2 aromatic rings. The Bertz CT molecular complexity index is 684. The molecule has 0 aliphatic heterocycles. The average Bonchev–Trinajstić information content (AvgIpc) is 2.50. The second-order valence-corrected chi connectivity index (χ2v) is 4.86. The highest BCUT2D eigenvalue weighted by atomic mass is 35.5. The molecule has 0 aromatic heterocycles. The average molecular weight is 320 g/mol. The lowest BCUT2D eigenvalue weighted by Gasteiger charge is -2.05. The van der Waals surface area contributed by atoms with Gasteiger partial charge in [0.1, 0.15) is 11.6 Å². The summed E-state index contributed by atoms with van der Waals surface area (Å²) in [5.41, 5.74) is 1.23. The number of halogens is 2. The maximum Gasteiger partial charge on any atom is 0.248 e. The zero-order valence-corrected chi connectivity index (χ0v) is 12.7. The lowest BCUT2D eigenvalue weighted by molar-refractivity contribution is -0.111. The largest absolute Gasteiger partial charge is 0.494 e. The molecule has 1 N–H and O–H groups in total. The summed E-state index contributed by atoms with van der Waals surface area (Å²) in [6.45, 7) is 2.52. The fourth-order valence-corrected chi connectivity index (χ4v) is 1.99. The Kier molecular flexibility index (Phi) is 5.55. The first kappa shape index (κ1) is 16.0. The van der Waals surface area contributed by atoms with Gasteiger partial charge in [-0.3, -0.25) is 4.79 Å². The van der Waals surface area contributed by atoms with Crippen LogP contribution in [0, 0.1) is 5.82 Å². The number of anilines is 1. The predicted octanol–water partition coefficient (Wildman–Crippen LogP) is 4.53. The van der Waals surface area contributed by atoms with Crippen molar-refractivity contribution in [3.63, 3.8) is 0 Å². The van der Waals surface area contributed by atoms with Crippen molar-refractivity contribution in [2.45, 2.75) is 6.92 Å². The fraction of sp³-hybridized carbons (Fsp3) is 0.118. The van der Waals surface area contributed by atoms with Crippen LogP contribution in [0.1, 0.15) is 12.5 Å². The highest BCUT2D eigenvalue weighted by Crippen LogP contribution is 2.22. The molecule has 0 aliphatic carbocycles. The Morgan fingerprint density at radius 3 is 2.64 bits per heavy atom. The second kappa shape index (κ2) is 7.61. The lowest BCUT2D eigenvalue weighted by Crippen LogP contribution is -2.08. The van der Waals surface area contributed by atoms with Gasteiger partial charge in [-0.05, 0) is 48.9 Å². The molecular weight excluding hydrogens is 305 g/mol. The van der Waals surface area contributed by atoms with E-state index in [1.165, 1.54) is 18.2 Å². The summed E-state index contributed by atoms with van der Waals surface area (Å²) in [5.74, 6) is -0.0162. The van der Waals surface area contributed by atoms with E-state index in [0.29, 0.717) is 12.3 Å². The number of carbonyl (C=O) groups is 1.